The Labute approximate surface area is 137 Å². The van der Waals surface area contributed by atoms with Gasteiger partial charge in [0.25, 0.3) is 0 Å². The number of pyridine rings is 1. The molecule has 8 heteroatoms. The Morgan fingerprint density at radius 2 is 2.08 bits per heavy atom. The van der Waals surface area contributed by atoms with Crippen molar-refractivity contribution in [2.45, 2.75) is 50.4 Å². The van der Waals surface area contributed by atoms with Gasteiger partial charge in [0.15, 0.2) is 6.61 Å². The van der Waals surface area contributed by atoms with Gasteiger partial charge in [0.05, 0.1) is 5.54 Å². The number of ether oxygens (including phenoxy) is 1. The van der Waals surface area contributed by atoms with Gasteiger partial charge in [-0.2, -0.15) is 13.2 Å². The average molecular weight is 343 g/mol. The Bertz CT molecular complexity index is 621. The molecule has 2 fully saturated rings. The predicted octanol–water partition coefficient (Wildman–Crippen LogP) is 2.30. The highest BCUT2D eigenvalue weighted by Gasteiger charge is 2.58. The number of rotatable bonds is 5. The van der Waals surface area contributed by atoms with Crippen LogP contribution < -0.4 is 15.8 Å². The Hall–Kier alpha value is -1.83. The standard InChI is InChI=1S/C16H20F3N3O2/c17-16(18,19)10-24-12-6-11(2-5-21-12)7-22-13(23)15(20)8-14(9-15)3-1-4-14/h2,5-6H,1,3-4,7-10,20H2,(H,22,23). The number of alkyl halides is 3. The molecule has 0 saturated heterocycles. The molecule has 3 N–H and O–H groups in total. The van der Waals surface area contributed by atoms with Crippen molar-refractivity contribution in [1.82, 2.24) is 10.3 Å². The van der Waals surface area contributed by atoms with Gasteiger partial charge in [0.1, 0.15) is 0 Å². The average Bonchev–Trinajstić information content (AvgIpc) is 2.45. The summed E-state index contributed by atoms with van der Waals surface area (Å²) in [6.07, 6.45) is 1.84. The molecule has 24 heavy (non-hydrogen) atoms. The summed E-state index contributed by atoms with van der Waals surface area (Å²) in [7, 11) is 0. The Morgan fingerprint density at radius 3 is 2.67 bits per heavy atom. The van der Waals surface area contributed by atoms with E-state index in [1.54, 1.807) is 6.07 Å². The Balaban J connectivity index is 1.50. The molecule has 2 aliphatic rings. The summed E-state index contributed by atoms with van der Waals surface area (Å²) in [5.41, 5.74) is 6.22. The third-order valence-electron chi connectivity index (χ3n) is 4.88. The molecule has 5 nitrogen and oxygen atoms in total. The summed E-state index contributed by atoms with van der Waals surface area (Å²) in [4.78, 5) is 16.0. The fourth-order valence-electron chi connectivity index (χ4n) is 3.63. The zero-order chi connectivity index (χ0) is 17.4. The maximum absolute atomic E-state index is 12.3. The minimum absolute atomic E-state index is 0.126. The normalized spacial score (nSPS) is 20.8. The molecule has 0 atom stereocenters. The van der Waals surface area contributed by atoms with Crippen molar-refractivity contribution in [3.63, 3.8) is 0 Å². The summed E-state index contributed by atoms with van der Waals surface area (Å²) >= 11 is 0. The maximum atomic E-state index is 12.3. The van der Waals surface area contributed by atoms with E-state index in [1.807, 2.05) is 0 Å². The number of nitrogens with two attached hydrogens (primary N) is 1. The van der Waals surface area contributed by atoms with E-state index in [1.165, 1.54) is 18.7 Å². The fourth-order valence-corrected chi connectivity index (χ4v) is 3.63. The molecular weight excluding hydrogens is 323 g/mol. The summed E-state index contributed by atoms with van der Waals surface area (Å²) in [6.45, 7) is -1.22. The van der Waals surface area contributed by atoms with Crippen LogP contribution >= 0.6 is 0 Å². The van der Waals surface area contributed by atoms with Gasteiger partial charge in [-0.25, -0.2) is 4.98 Å². The van der Waals surface area contributed by atoms with Crippen molar-refractivity contribution >= 4 is 5.91 Å². The van der Waals surface area contributed by atoms with Gasteiger partial charge in [-0.3, -0.25) is 4.79 Å². The monoisotopic (exact) mass is 343 g/mol. The van der Waals surface area contributed by atoms with E-state index >= 15 is 0 Å². The van der Waals surface area contributed by atoms with E-state index in [2.05, 4.69) is 15.0 Å². The first-order valence-electron chi connectivity index (χ1n) is 7.92. The van der Waals surface area contributed by atoms with Gasteiger partial charge in [0.2, 0.25) is 11.8 Å². The lowest BCUT2D eigenvalue weighted by atomic mass is 9.48. The van der Waals surface area contributed by atoms with Crippen LogP contribution in [0.25, 0.3) is 0 Å². The summed E-state index contributed by atoms with van der Waals surface area (Å²) in [5.74, 6) is -0.340. The first-order valence-corrected chi connectivity index (χ1v) is 7.92. The molecule has 132 valence electrons. The molecule has 2 aliphatic carbocycles. The fraction of sp³-hybridized carbons (Fsp3) is 0.625. The number of hydrogen-bond donors (Lipinski definition) is 2. The summed E-state index contributed by atoms with van der Waals surface area (Å²) < 4.78 is 41.0. The zero-order valence-electron chi connectivity index (χ0n) is 13.2. The van der Waals surface area contributed by atoms with E-state index in [9.17, 15) is 18.0 Å². The van der Waals surface area contributed by atoms with Crippen molar-refractivity contribution in [3.8, 4) is 5.88 Å². The van der Waals surface area contributed by atoms with Crippen LogP contribution in [0.4, 0.5) is 13.2 Å². The highest BCUT2D eigenvalue weighted by atomic mass is 19.4. The summed E-state index contributed by atoms with van der Waals surface area (Å²) in [6, 6.07) is 2.99. The van der Waals surface area contributed by atoms with Crippen molar-refractivity contribution in [2.75, 3.05) is 6.61 Å². The largest absolute Gasteiger partial charge is 0.468 e. The molecule has 1 amide bonds. The van der Waals surface area contributed by atoms with Crippen LogP contribution in [-0.4, -0.2) is 29.2 Å². The molecule has 0 aromatic carbocycles. The van der Waals surface area contributed by atoms with Gasteiger partial charge in [-0.05, 0) is 42.7 Å². The highest BCUT2D eigenvalue weighted by Crippen LogP contribution is 2.59. The lowest BCUT2D eigenvalue weighted by molar-refractivity contribution is -0.154. The molecule has 3 rings (SSSR count). The number of carbonyl (C=O) groups excluding carboxylic acids is 1. The number of aromatic nitrogens is 1. The number of carbonyl (C=O) groups is 1. The van der Waals surface area contributed by atoms with Gasteiger partial charge in [-0.15, -0.1) is 0 Å². The van der Waals surface area contributed by atoms with E-state index < -0.39 is 18.3 Å². The van der Waals surface area contributed by atoms with Crippen LogP contribution in [-0.2, 0) is 11.3 Å². The molecule has 0 aliphatic heterocycles. The molecule has 1 heterocycles. The van der Waals surface area contributed by atoms with Gasteiger partial charge < -0.3 is 15.8 Å². The smallest absolute Gasteiger partial charge is 0.422 e. The molecule has 2 saturated carbocycles. The molecule has 0 bridgehead atoms. The molecular formula is C16H20F3N3O2. The molecule has 1 spiro atoms. The second-order valence-electron chi connectivity index (χ2n) is 6.95. The van der Waals surface area contributed by atoms with Gasteiger partial charge in [-0.1, -0.05) is 6.42 Å². The maximum Gasteiger partial charge on any atom is 0.422 e. The lowest BCUT2D eigenvalue weighted by Gasteiger charge is -2.58. The minimum Gasteiger partial charge on any atom is -0.468 e. The number of amides is 1. The molecule has 0 radical (unpaired) electrons. The van der Waals surface area contributed by atoms with Crippen molar-refractivity contribution < 1.29 is 22.7 Å². The first kappa shape index (κ1) is 17.0. The van der Waals surface area contributed by atoms with E-state index in [-0.39, 0.29) is 23.7 Å². The minimum atomic E-state index is -4.42. The van der Waals surface area contributed by atoms with E-state index in [0.717, 1.165) is 12.8 Å². The summed E-state index contributed by atoms with van der Waals surface area (Å²) in [5, 5.41) is 2.76. The Morgan fingerprint density at radius 1 is 1.38 bits per heavy atom. The number of hydrogen-bond acceptors (Lipinski definition) is 4. The molecule has 1 aromatic rings. The van der Waals surface area contributed by atoms with Crippen molar-refractivity contribution in [2.24, 2.45) is 11.1 Å². The van der Waals surface area contributed by atoms with Crippen molar-refractivity contribution in [3.05, 3.63) is 23.9 Å². The SMILES string of the molecule is NC1(C(=O)NCc2ccnc(OCC(F)(F)F)c2)CC2(CCC2)C1. The third kappa shape index (κ3) is 3.63. The Kier molecular flexibility index (Phi) is 4.19. The van der Waals surface area contributed by atoms with Crippen LogP contribution in [0, 0.1) is 5.41 Å². The van der Waals surface area contributed by atoms with Crippen LogP contribution in [0.5, 0.6) is 5.88 Å². The van der Waals surface area contributed by atoms with Crippen LogP contribution in [0.1, 0.15) is 37.7 Å². The van der Waals surface area contributed by atoms with E-state index in [0.29, 0.717) is 18.4 Å². The number of nitrogens with one attached hydrogen (secondary N) is 1. The number of nitrogens with zero attached hydrogens (tertiary/aromatic N) is 1. The third-order valence-corrected chi connectivity index (χ3v) is 4.88. The molecule has 1 aromatic heterocycles. The van der Waals surface area contributed by atoms with Crippen LogP contribution in [0.2, 0.25) is 0 Å². The van der Waals surface area contributed by atoms with Gasteiger partial charge in [0, 0.05) is 18.8 Å². The number of halogens is 3. The predicted molar refractivity (Wildman–Crippen MR) is 80.1 cm³/mol. The van der Waals surface area contributed by atoms with E-state index in [4.69, 9.17) is 5.73 Å². The zero-order valence-corrected chi connectivity index (χ0v) is 13.2. The van der Waals surface area contributed by atoms with Crippen LogP contribution in [0.3, 0.4) is 0 Å². The topological polar surface area (TPSA) is 77.2 Å². The van der Waals surface area contributed by atoms with Gasteiger partial charge >= 0.3 is 6.18 Å². The quantitative estimate of drug-likeness (QED) is 0.860. The second-order valence-corrected chi connectivity index (χ2v) is 6.95. The second kappa shape index (κ2) is 5.91. The first-order chi connectivity index (χ1) is 11.2. The van der Waals surface area contributed by atoms with Crippen LogP contribution in [0.15, 0.2) is 18.3 Å². The highest BCUT2D eigenvalue weighted by molar-refractivity contribution is 5.87. The molecule has 0 unspecified atom stereocenters. The lowest BCUT2D eigenvalue weighted by Crippen LogP contribution is -2.67. The van der Waals surface area contributed by atoms with Crippen molar-refractivity contribution in [1.29, 1.82) is 0 Å².